The smallest absolute Gasteiger partial charge is 0.270 e. The van der Waals surface area contributed by atoms with E-state index in [2.05, 4.69) is 10.0 Å². The van der Waals surface area contributed by atoms with Gasteiger partial charge in [0.1, 0.15) is 5.75 Å². The van der Waals surface area contributed by atoms with E-state index in [4.69, 9.17) is 4.74 Å². The summed E-state index contributed by atoms with van der Waals surface area (Å²) >= 11 is 0. The zero-order valence-electron chi connectivity index (χ0n) is 19.4. The van der Waals surface area contributed by atoms with Gasteiger partial charge in [0, 0.05) is 37.5 Å². The molecule has 3 rings (SSSR count). The lowest BCUT2D eigenvalue weighted by molar-refractivity contribution is -0.385. The van der Waals surface area contributed by atoms with Crippen molar-refractivity contribution >= 4 is 37.3 Å². The molecule has 1 aliphatic rings. The third kappa shape index (κ3) is 6.69. The molecule has 0 saturated carbocycles. The molecule has 2 aromatic rings. The summed E-state index contributed by atoms with van der Waals surface area (Å²) in [5.41, 5.74) is -0.798. The van der Waals surface area contributed by atoms with Crippen molar-refractivity contribution in [3.05, 3.63) is 58.1 Å². The molecule has 0 radical (unpaired) electrons. The van der Waals surface area contributed by atoms with Crippen molar-refractivity contribution in [3.63, 3.8) is 0 Å². The van der Waals surface area contributed by atoms with Crippen LogP contribution >= 0.6 is 0 Å². The molecule has 1 heterocycles. The summed E-state index contributed by atoms with van der Waals surface area (Å²) in [5.74, 6) is -1.65. The van der Waals surface area contributed by atoms with Gasteiger partial charge in [-0.1, -0.05) is 6.07 Å². The molecular weight excluding hydrogens is 516 g/mol. The molecule has 0 bridgehead atoms. The van der Waals surface area contributed by atoms with Gasteiger partial charge in [0.25, 0.3) is 21.6 Å². The van der Waals surface area contributed by atoms with Gasteiger partial charge in [0.05, 0.1) is 33.3 Å². The number of nitrogens with one attached hydrogen (secondary N) is 2. The van der Waals surface area contributed by atoms with Crippen molar-refractivity contribution in [1.29, 1.82) is 0 Å². The molecule has 0 spiro atoms. The minimum atomic E-state index is -4.25. The van der Waals surface area contributed by atoms with E-state index < -0.39 is 42.3 Å². The standard InChI is InChI=1S/C21H26N4O9S2/c1-14-12-24(13-15(2)34-14)35(30,31)9-8-22-21(27)19-10-16(6-7-20(19)26)23-36(32,33)18-5-3-4-17(11-18)25(28)29/h3-7,10-11,14-15,23,26H,8-9,12-13H2,1-2H3,(H,22,27)/t14-,15+. The molecular formula is C21H26N4O9S2. The quantitative estimate of drug-likeness (QED) is 0.238. The Labute approximate surface area is 208 Å². The molecule has 3 N–H and O–H groups in total. The van der Waals surface area contributed by atoms with Gasteiger partial charge in [-0.2, -0.15) is 4.31 Å². The van der Waals surface area contributed by atoms with E-state index in [0.717, 1.165) is 24.3 Å². The Kier molecular flexibility index (Phi) is 8.18. The van der Waals surface area contributed by atoms with Crippen LogP contribution in [-0.4, -0.2) is 74.7 Å². The highest BCUT2D eigenvalue weighted by atomic mass is 32.2. The first-order valence-corrected chi connectivity index (χ1v) is 13.9. The van der Waals surface area contributed by atoms with E-state index in [1.54, 1.807) is 13.8 Å². The second kappa shape index (κ2) is 10.8. The molecule has 0 aromatic heterocycles. The van der Waals surface area contributed by atoms with Crippen molar-refractivity contribution in [1.82, 2.24) is 9.62 Å². The fourth-order valence-corrected chi connectivity index (χ4v) is 6.22. The summed E-state index contributed by atoms with van der Waals surface area (Å²) in [4.78, 5) is 22.4. The molecule has 1 saturated heterocycles. The fraction of sp³-hybridized carbons (Fsp3) is 0.381. The second-order valence-electron chi connectivity index (χ2n) is 8.24. The number of phenols is 1. The Morgan fingerprint density at radius 1 is 1.14 bits per heavy atom. The zero-order valence-corrected chi connectivity index (χ0v) is 21.1. The minimum Gasteiger partial charge on any atom is -0.507 e. The van der Waals surface area contributed by atoms with Crippen molar-refractivity contribution in [3.8, 4) is 5.75 Å². The Bertz CT molecular complexity index is 1350. The van der Waals surface area contributed by atoms with Crippen LogP contribution in [0.25, 0.3) is 0 Å². The maximum Gasteiger partial charge on any atom is 0.270 e. The Hall–Kier alpha value is -3.27. The number of ether oxygens (including phenoxy) is 1. The van der Waals surface area contributed by atoms with Crippen molar-refractivity contribution in [2.45, 2.75) is 31.0 Å². The lowest BCUT2D eigenvalue weighted by atomic mass is 10.1. The van der Waals surface area contributed by atoms with Gasteiger partial charge < -0.3 is 15.2 Å². The number of sulfonamides is 2. The molecule has 1 fully saturated rings. The highest BCUT2D eigenvalue weighted by Crippen LogP contribution is 2.25. The average Bonchev–Trinajstić information content (AvgIpc) is 2.79. The van der Waals surface area contributed by atoms with Crippen LogP contribution < -0.4 is 10.0 Å². The lowest BCUT2D eigenvalue weighted by Crippen LogP contribution is -2.49. The zero-order chi connectivity index (χ0) is 26.7. The molecule has 196 valence electrons. The van der Waals surface area contributed by atoms with E-state index in [9.17, 15) is 36.9 Å². The summed E-state index contributed by atoms with van der Waals surface area (Å²) in [7, 11) is -7.92. The van der Waals surface area contributed by atoms with Gasteiger partial charge in [-0.05, 0) is 38.1 Å². The number of non-ortho nitro benzene ring substituents is 1. The number of benzene rings is 2. The van der Waals surface area contributed by atoms with Crippen LogP contribution in [0.3, 0.4) is 0 Å². The average molecular weight is 543 g/mol. The number of anilines is 1. The Morgan fingerprint density at radius 3 is 2.44 bits per heavy atom. The first-order chi connectivity index (χ1) is 16.8. The molecule has 2 atom stereocenters. The van der Waals surface area contributed by atoms with E-state index in [1.807, 2.05) is 0 Å². The van der Waals surface area contributed by atoms with Gasteiger partial charge in [-0.3, -0.25) is 19.6 Å². The number of morpholine rings is 1. The monoisotopic (exact) mass is 542 g/mol. The van der Waals surface area contributed by atoms with Gasteiger partial charge in [-0.15, -0.1) is 0 Å². The summed E-state index contributed by atoms with van der Waals surface area (Å²) in [6.45, 7) is 3.69. The first-order valence-electron chi connectivity index (χ1n) is 10.8. The number of nitrogens with zero attached hydrogens (tertiary/aromatic N) is 2. The molecule has 15 heteroatoms. The number of nitro groups is 1. The molecule has 0 aliphatic carbocycles. The summed E-state index contributed by atoms with van der Waals surface area (Å²) in [5, 5.41) is 23.4. The molecule has 1 aliphatic heterocycles. The number of nitro benzene ring substituents is 1. The number of amides is 1. The maximum atomic E-state index is 12.6. The summed E-state index contributed by atoms with van der Waals surface area (Å²) in [6, 6.07) is 7.77. The van der Waals surface area contributed by atoms with Crippen LogP contribution in [0.1, 0.15) is 24.2 Å². The van der Waals surface area contributed by atoms with Gasteiger partial charge in [-0.25, -0.2) is 16.8 Å². The van der Waals surface area contributed by atoms with E-state index in [1.165, 1.54) is 22.5 Å². The summed E-state index contributed by atoms with van der Waals surface area (Å²) < 4.78 is 59.6. The number of hydrogen-bond acceptors (Lipinski definition) is 9. The predicted octanol–water partition coefficient (Wildman–Crippen LogP) is 1.27. The van der Waals surface area contributed by atoms with Crippen LogP contribution in [0, 0.1) is 10.1 Å². The molecule has 36 heavy (non-hydrogen) atoms. The van der Waals surface area contributed by atoms with Crippen LogP contribution in [0.5, 0.6) is 5.75 Å². The highest BCUT2D eigenvalue weighted by molar-refractivity contribution is 7.92. The van der Waals surface area contributed by atoms with Crippen LogP contribution in [0.15, 0.2) is 47.4 Å². The molecule has 0 unspecified atom stereocenters. The number of carbonyl (C=O) groups is 1. The normalized spacial score (nSPS) is 18.9. The number of carbonyl (C=O) groups excluding carboxylic acids is 1. The second-order valence-corrected chi connectivity index (χ2v) is 12.0. The van der Waals surface area contributed by atoms with Crippen LogP contribution in [0.4, 0.5) is 11.4 Å². The van der Waals surface area contributed by atoms with E-state index >= 15 is 0 Å². The fourth-order valence-electron chi connectivity index (χ4n) is 3.64. The predicted molar refractivity (Wildman–Crippen MR) is 130 cm³/mol. The molecule has 1 amide bonds. The highest BCUT2D eigenvalue weighted by Gasteiger charge is 2.30. The molecule has 2 aromatic carbocycles. The third-order valence-corrected chi connectivity index (χ3v) is 8.44. The lowest BCUT2D eigenvalue weighted by Gasteiger charge is -2.34. The Morgan fingerprint density at radius 2 is 1.81 bits per heavy atom. The minimum absolute atomic E-state index is 0.0895. The third-order valence-electron chi connectivity index (χ3n) is 5.26. The first kappa shape index (κ1) is 27.3. The number of hydrogen-bond donors (Lipinski definition) is 3. The van der Waals surface area contributed by atoms with Gasteiger partial charge in [0.2, 0.25) is 10.0 Å². The number of aromatic hydroxyl groups is 1. The maximum absolute atomic E-state index is 12.6. The van der Waals surface area contributed by atoms with Crippen molar-refractivity contribution in [2.24, 2.45) is 0 Å². The van der Waals surface area contributed by atoms with E-state index in [0.29, 0.717) is 0 Å². The van der Waals surface area contributed by atoms with Gasteiger partial charge in [0.15, 0.2) is 0 Å². The summed E-state index contributed by atoms with van der Waals surface area (Å²) in [6.07, 6.45) is -0.521. The van der Waals surface area contributed by atoms with E-state index in [-0.39, 0.29) is 53.7 Å². The Balaban J connectivity index is 1.68. The number of phenolic OH excluding ortho intramolecular Hbond substituents is 1. The van der Waals surface area contributed by atoms with Crippen LogP contribution in [0.2, 0.25) is 0 Å². The van der Waals surface area contributed by atoms with Gasteiger partial charge >= 0.3 is 0 Å². The topological polar surface area (TPSA) is 185 Å². The van der Waals surface area contributed by atoms with Crippen molar-refractivity contribution < 1.29 is 36.4 Å². The molecule has 13 nitrogen and oxygen atoms in total. The van der Waals surface area contributed by atoms with Crippen LogP contribution in [-0.2, 0) is 24.8 Å². The SMILES string of the molecule is C[C@@H]1CN(S(=O)(=O)CCNC(=O)c2cc(NS(=O)(=O)c3cccc([N+](=O)[O-])c3)ccc2O)C[C@H](C)O1. The van der Waals surface area contributed by atoms with Crippen molar-refractivity contribution in [2.75, 3.05) is 30.1 Å². The number of rotatable bonds is 9. The largest absolute Gasteiger partial charge is 0.507 e.